The van der Waals surface area contributed by atoms with E-state index in [4.69, 9.17) is 9.97 Å². The summed E-state index contributed by atoms with van der Waals surface area (Å²) in [5.41, 5.74) is 16.6. The van der Waals surface area contributed by atoms with Crippen LogP contribution in [0, 0.1) is 0 Å². The Morgan fingerprint density at radius 3 is 1.79 bits per heavy atom. The average molecular weight is 618 g/mol. The van der Waals surface area contributed by atoms with E-state index in [1.54, 1.807) is 0 Å². The quantitative estimate of drug-likeness (QED) is 0.189. The third-order valence-corrected chi connectivity index (χ3v) is 10.0. The highest BCUT2D eigenvalue weighted by atomic mass is 15.1. The van der Waals surface area contributed by atoms with Crippen LogP contribution < -0.4 is 5.32 Å². The first-order chi connectivity index (χ1) is 23.5. The first kappa shape index (κ1) is 28.6. The number of rotatable bonds is 6. The molecule has 0 saturated carbocycles. The van der Waals surface area contributed by atoms with Crippen molar-refractivity contribution >= 4 is 0 Å². The lowest BCUT2D eigenvalue weighted by Crippen LogP contribution is -2.15. The van der Waals surface area contributed by atoms with Gasteiger partial charge >= 0.3 is 0 Å². The van der Waals surface area contributed by atoms with E-state index in [0.717, 1.165) is 40.4 Å². The van der Waals surface area contributed by atoms with Gasteiger partial charge in [-0.3, -0.25) is 0 Å². The standard InChI is InChI=1S/C45H35N3/c1-45(2)39-23-21-34(25-38(39)37-22-20-36(26-40(37)45)43-28-46-43)33-14-9-15-35(24-33)42-27-41(47-44(48-42)32-12-7-4-8-13-32)31-18-16-30(17-19-31)29-10-5-3-6-11-29/h3-27,43,46H,28H2,1-2H3. The van der Waals surface area contributed by atoms with Gasteiger partial charge in [-0.05, 0) is 68.3 Å². The van der Waals surface area contributed by atoms with Gasteiger partial charge in [0.1, 0.15) is 0 Å². The minimum atomic E-state index is -0.0273. The first-order valence-electron chi connectivity index (χ1n) is 16.8. The molecule has 1 unspecified atom stereocenters. The summed E-state index contributed by atoms with van der Waals surface area (Å²) in [5.74, 6) is 0.720. The third-order valence-electron chi connectivity index (χ3n) is 10.0. The molecule has 0 spiro atoms. The summed E-state index contributed by atoms with van der Waals surface area (Å²) < 4.78 is 0. The van der Waals surface area contributed by atoms with Crippen molar-refractivity contribution in [2.24, 2.45) is 0 Å². The number of aromatic nitrogens is 2. The van der Waals surface area contributed by atoms with Crippen molar-refractivity contribution in [1.82, 2.24) is 15.3 Å². The number of benzene rings is 6. The molecule has 7 aromatic rings. The van der Waals surface area contributed by atoms with Gasteiger partial charge in [-0.1, -0.05) is 147 Å². The molecule has 1 aliphatic heterocycles. The van der Waals surface area contributed by atoms with Crippen molar-refractivity contribution < 1.29 is 0 Å². The summed E-state index contributed by atoms with van der Waals surface area (Å²) in [4.78, 5) is 10.2. The Kier molecular flexibility index (Phi) is 6.70. The van der Waals surface area contributed by atoms with Gasteiger partial charge < -0.3 is 5.32 Å². The van der Waals surface area contributed by atoms with Crippen molar-refractivity contribution in [2.75, 3.05) is 6.54 Å². The van der Waals surface area contributed by atoms with Gasteiger partial charge in [0, 0.05) is 34.7 Å². The van der Waals surface area contributed by atoms with Crippen LogP contribution in [-0.2, 0) is 5.41 Å². The zero-order valence-electron chi connectivity index (χ0n) is 27.1. The predicted octanol–water partition coefficient (Wildman–Crippen LogP) is 10.8. The van der Waals surface area contributed by atoms with Gasteiger partial charge in [0.15, 0.2) is 5.82 Å². The Balaban J connectivity index is 1.11. The molecule has 1 aliphatic carbocycles. The average Bonchev–Trinajstić information content (AvgIpc) is 3.98. The lowest BCUT2D eigenvalue weighted by molar-refractivity contribution is 0.659. The highest BCUT2D eigenvalue weighted by molar-refractivity contribution is 5.86. The molecule has 3 heteroatoms. The van der Waals surface area contributed by atoms with Crippen LogP contribution in [-0.4, -0.2) is 16.5 Å². The molecule has 48 heavy (non-hydrogen) atoms. The highest BCUT2D eigenvalue weighted by Crippen LogP contribution is 2.50. The van der Waals surface area contributed by atoms with Crippen molar-refractivity contribution in [2.45, 2.75) is 25.3 Å². The van der Waals surface area contributed by atoms with Gasteiger partial charge in [0.25, 0.3) is 0 Å². The highest BCUT2D eigenvalue weighted by Gasteiger charge is 2.37. The Bertz CT molecular complexity index is 2300. The molecule has 6 aromatic carbocycles. The summed E-state index contributed by atoms with van der Waals surface area (Å²) in [7, 11) is 0. The largest absolute Gasteiger partial charge is 0.307 e. The number of nitrogens with one attached hydrogen (secondary N) is 1. The van der Waals surface area contributed by atoms with E-state index in [9.17, 15) is 0 Å². The summed E-state index contributed by atoms with van der Waals surface area (Å²) in [6.45, 7) is 5.79. The van der Waals surface area contributed by atoms with Crippen molar-refractivity contribution in [1.29, 1.82) is 0 Å². The van der Waals surface area contributed by atoms with Crippen LogP contribution in [0.4, 0.5) is 0 Å². The molecule has 0 radical (unpaired) electrons. The molecule has 1 atom stereocenters. The molecule has 3 nitrogen and oxygen atoms in total. The molecule has 1 aromatic heterocycles. The molecule has 9 rings (SSSR count). The molecule has 0 bridgehead atoms. The summed E-state index contributed by atoms with van der Waals surface area (Å²) in [6, 6.07) is 54.9. The molecule has 230 valence electrons. The topological polar surface area (TPSA) is 47.7 Å². The smallest absolute Gasteiger partial charge is 0.160 e. The first-order valence-corrected chi connectivity index (χ1v) is 16.8. The Labute approximate surface area is 282 Å². The maximum atomic E-state index is 5.12. The predicted molar refractivity (Wildman–Crippen MR) is 198 cm³/mol. The van der Waals surface area contributed by atoms with Crippen molar-refractivity contribution in [3.05, 3.63) is 168 Å². The Morgan fingerprint density at radius 1 is 0.479 bits per heavy atom. The molecule has 1 saturated heterocycles. The van der Waals surface area contributed by atoms with Gasteiger partial charge in [-0.25, -0.2) is 9.97 Å². The van der Waals surface area contributed by atoms with E-state index in [-0.39, 0.29) is 5.41 Å². The van der Waals surface area contributed by atoms with Crippen LogP contribution in [0.15, 0.2) is 152 Å². The van der Waals surface area contributed by atoms with E-state index < -0.39 is 0 Å². The SMILES string of the molecule is CC1(C)c2ccc(-c3cccc(-c4cc(-c5ccc(-c6ccccc6)cc5)nc(-c5ccccc5)n4)c3)cc2-c2ccc(C3CN3)cc21. The number of fused-ring (bicyclic) bond motifs is 3. The van der Waals surface area contributed by atoms with Crippen molar-refractivity contribution in [3.63, 3.8) is 0 Å². The molecule has 2 heterocycles. The fourth-order valence-corrected chi connectivity index (χ4v) is 7.24. The van der Waals surface area contributed by atoms with Crippen LogP contribution >= 0.6 is 0 Å². The minimum Gasteiger partial charge on any atom is -0.307 e. The second-order valence-corrected chi connectivity index (χ2v) is 13.5. The van der Waals surface area contributed by atoms with Gasteiger partial charge in [0.2, 0.25) is 0 Å². The number of hydrogen-bond acceptors (Lipinski definition) is 3. The molecule has 1 N–H and O–H groups in total. The fraction of sp³-hybridized carbons (Fsp3) is 0.111. The summed E-state index contributed by atoms with van der Waals surface area (Å²) in [5, 5.41) is 3.46. The zero-order valence-corrected chi connectivity index (χ0v) is 27.1. The molecule has 1 fully saturated rings. The van der Waals surface area contributed by atoms with E-state index in [0.29, 0.717) is 6.04 Å². The van der Waals surface area contributed by atoms with Crippen LogP contribution in [0.1, 0.15) is 36.6 Å². The second kappa shape index (κ2) is 11.3. The van der Waals surface area contributed by atoms with Gasteiger partial charge in [-0.2, -0.15) is 0 Å². The minimum absolute atomic E-state index is 0.0273. The molecular formula is C45H35N3. The second-order valence-electron chi connectivity index (χ2n) is 13.5. The van der Waals surface area contributed by atoms with Gasteiger partial charge in [-0.15, -0.1) is 0 Å². The zero-order chi connectivity index (χ0) is 32.2. The fourth-order valence-electron chi connectivity index (χ4n) is 7.24. The monoisotopic (exact) mass is 617 g/mol. The van der Waals surface area contributed by atoms with Crippen molar-refractivity contribution in [3.8, 4) is 67.3 Å². The lowest BCUT2D eigenvalue weighted by atomic mass is 9.81. The summed E-state index contributed by atoms with van der Waals surface area (Å²) in [6.07, 6.45) is 0. The lowest BCUT2D eigenvalue weighted by Gasteiger charge is -2.22. The molecule has 0 amide bonds. The normalized spacial score (nSPS) is 15.5. The van der Waals surface area contributed by atoms with E-state index in [1.165, 1.54) is 50.1 Å². The Morgan fingerprint density at radius 2 is 1.06 bits per heavy atom. The van der Waals surface area contributed by atoms with E-state index in [1.807, 2.05) is 24.3 Å². The number of hydrogen-bond donors (Lipinski definition) is 1. The van der Waals surface area contributed by atoms with Crippen LogP contribution in [0.5, 0.6) is 0 Å². The van der Waals surface area contributed by atoms with E-state index in [2.05, 4.69) is 147 Å². The molecular weight excluding hydrogens is 583 g/mol. The van der Waals surface area contributed by atoms with Gasteiger partial charge in [0.05, 0.1) is 11.4 Å². The maximum Gasteiger partial charge on any atom is 0.160 e. The van der Waals surface area contributed by atoms with Crippen LogP contribution in [0.3, 0.4) is 0 Å². The Hall–Kier alpha value is -5.64. The molecule has 2 aliphatic rings. The maximum absolute atomic E-state index is 5.12. The third kappa shape index (κ3) is 5.04. The number of nitrogens with zero attached hydrogens (tertiary/aromatic N) is 2. The van der Waals surface area contributed by atoms with Crippen LogP contribution in [0.25, 0.3) is 67.3 Å². The van der Waals surface area contributed by atoms with E-state index >= 15 is 0 Å². The summed E-state index contributed by atoms with van der Waals surface area (Å²) >= 11 is 0. The van der Waals surface area contributed by atoms with Crippen LogP contribution in [0.2, 0.25) is 0 Å².